The highest BCUT2D eigenvalue weighted by molar-refractivity contribution is 8.13. The quantitative estimate of drug-likeness (QED) is 0.755. The molecule has 0 aromatic heterocycles. The van der Waals surface area contributed by atoms with Crippen molar-refractivity contribution in [2.45, 2.75) is 18.7 Å². The van der Waals surface area contributed by atoms with Gasteiger partial charge in [-0.2, -0.15) is 0 Å². The smallest absolute Gasteiger partial charge is 0.286 e. The summed E-state index contributed by atoms with van der Waals surface area (Å²) < 4.78 is 5.06. The average Bonchev–Trinajstić information content (AvgIpc) is 2.31. The summed E-state index contributed by atoms with van der Waals surface area (Å²) in [6.45, 7) is 5.46. The number of benzene rings is 1. The van der Waals surface area contributed by atoms with Crippen molar-refractivity contribution in [1.29, 1.82) is 0 Å². The van der Waals surface area contributed by atoms with Gasteiger partial charge in [-0.3, -0.25) is 4.79 Å². The zero-order chi connectivity index (χ0) is 12.0. The molecule has 0 aliphatic rings. The van der Waals surface area contributed by atoms with Gasteiger partial charge in [0.15, 0.2) is 0 Å². The van der Waals surface area contributed by atoms with Crippen LogP contribution in [0.3, 0.4) is 0 Å². The summed E-state index contributed by atoms with van der Waals surface area (Å²) in [5.74, 6) is 0.805. The SMILES string of the molecule is CCN(CC)C(=O)Sc1ccc(OC)cc1. The fourth-order valence-electron chi connectivity index (χ4n) is 1.29. The Labute approximate surface area is 101 Å². The molecule has 0 heterocycles. The van der Waals surface area contributed by atoms with Gasteiger partial charge in [-0.25, -0.2) is 0 Å². The molecule has 16 heavy (non-hydrogen) atoms. The van der Waals surface area contributed by atoms with Gasteiger partial charge in [-0.1, -0.05) is 0 Å². The number of amides is 1. The van der Waals surface area contributed by atoms with Crippen molar-refractivity contribution in [2.75, 3.05) is 20.2 Å². The van der Waals surface area contributed by atoms with Crippen LogP contribution >= 0.6 is 11.8 Å². The Morgan fingerprint density at radius 3 is 2.25 bits per heavy atom. The number of nitrogens with zero attached hydrogens (tertiary/aromatic N) is 1. The maximum atomic E-state index is 11.8. The van der Waals surface area contributed by atoms with Crippen LogP contribution in [0.5, 0.6) is 5.75 Å². The number of rotatable bonds is 4. The fourth-order valence-corrected chi connectivity index (χ4v) is 2.15. The van der Waals surface area contributed by atoms with Crippen molar-refractivity contribution in [3.8, 4) is 5.75 Å². The molecule has 88 valence electrons. The van der Waals surface area contributed by atoms with Gasteiger partial charge in [-0.15, -0.1) is 0 Å². The second-order valence-corrected chi connectivity index (χ2v) is 4.24. The third-order valence-corrected chi connectivity index (χ3v) is 3.23. The average molecular weight is 239 g/mol. The van der Waals surface area contributed by atoms with Crippen LogP contribution in [0.25, 0.3) is 0 Å². The Balaban J connectivity index is 2.62. The van der Waals surface area contributed by atoms with Crippen LogP contribution in [0, 0.1) is 0 Å². The first-order chi connectivity index (χ1) is 7.71. The van der Waals surface area contributed by atoms with Crippen LogP contribution in [-0.2, 0) is 0 Å². The van der Waals surface area contributed by atoms with Gasteiger partial charge >= 0.3 is 0 Å². The molecule has 0 spiro atoms. The minimum absolute atomic E-state index is 0.0927. The van der Waals surface area contributed by atoms with E-state index in [1.165, 1.54) is 11.8 Å². The van der Waals surface area contributed by atoms with Gasteiger partial charge in [0.25, 0.3) is 5.24 Å². The first-order valence-electron chi connectivity index (χ1n) is 5.32. The summed E-state index contributed by atoms with van der Waals surface area (Å²) in [6, 6.07) is 7.51. The van der Waals surface area contributed by atoms with Crippen molar-refractivity contribution in [1.82, 2.24) is 4.90 Å². The summed E-state index contributed by atoms with van der Waals surface area (Å²) in [4.78, 5) is 14.5. The summed E-state index contributed by atoms with van der Waals surface area (Å²) in [7, 11) is 1.63. The first-order valence-corrected chi connectivity index (χ1v) is 6.13. The van der Waals surface area contributed by atoms with Gasteiger partial charge in [-0.05, 0) is 49.9 Å². The molecular weight excluding hydrogens is 222 g/mol. The minimum Gasteiger partial charge on any atom is -0.497 e. The van der Waals surface area contributed by atoms with Crippen molar-refractivity contribution >= 4 is 17.0 Å². The third-order valence-electron chi connectivity index (χ3n) is 2.29. The number of carbonyl (C=O) groups is 1. The molecule has 0 saturated carbocycles. The second kappa shape index (κ2) is 6.43. The lowest BCUT2D eigenvalue weighted by atomic mass is 10.3. The highest BCUT2D eigenvalue weighted by atomic mass is 32.2. The van der Waals surface area contributed by atoms with Crippen molar-refractivity contribution in [3.05, 3.63) is 24.3 Å². The van der Waals surface area contributed by atoms with E-state index in [0.717, 1.165) is 23.7 Å². The molecule has 0 bridgehead atoms. The van der Waals surface area contributed by atoms with Crippen LogP contribution in [0.2, 0.25) is 0 Å². The number of hydrogen-bond donors (Lipinski definition) is 0. The van der Waals surface area contributed by atoms with E-state index in [4.69, 9.17) is 4.74 Å². The van der Waals surface area contributed by atoms with Crippen LogP contribution < -0.4 is 4.74 Å². The molecule has 1 amide bonds. The summed E-state index contributed by atoms with van der Waals surface area (Å²) in [5, 5.41) is 0.0927. The fraction of sp³-hybridized carbons (Fsp3) is 0.417. The molecule has 1 aromatic carbocycles. The summed E-state index contributed by atoms with van der Waals surface area (Å²) >= 11 is 1.25. The minimum atomic E-state index is 0.0927. The van der Waals surface area contributed by atoms with E-state index in [9.17, 15) is 4.79 Å². The molecule has 3 nitrogen and oxygen atoms in total. The predicted molar refractivity (Wildman–Crippen MR) is 67.2 cm³/mol. The predicted octanol–water partition coefficient (Wildman–Crippen LogP) is 3.25. The molecule has 1 rings (SSSR count). The molecule has 0 aliphatic heterocycles. The molecule has 0 unspecified atom stereocenters. The third kappa shape index (κ3) is 3.45. The molecule has 0 radical (unpaired) electrons. The van der Waals surface area contributed by atoms with E-state index in [1.807, 2.05) is 38.1 Å². The second-order valence-electron chi connectivity index (χ2n) is 3.22. The molecule has 0 fully saturated rings. The maximum Gasteiger partial charge on any atom is 0.286 e. The van der Waals surface area contributed by atoms with Crippen LogP contribution in [0.4, 0.5) is 4.79 Å². The monoisotopic (exact) mass is 239 g/mol. The van der Waals surface area contributed by atoms with E-state index in [0.29, 0.717) is 0 Å². The first kappa shape index (κ1) is 12.9. The molecule has 0 aliphatic carbocycles. The highest BCUT2D eigenvalue weighted by Gasteiger charge is 2.10. The van der Waals surface area contributed by atoms with Crippen LogP contribution in [0.1, 0.15) is 13.8 Å². The van der Waals surface area contributed by atoms with Gasteiger partial charge in [0.05, 0.1) is 7.11 Å². The summed E-state index contributed by atoms with van der Waals surface area (Å²) in [5.41, 5.74) is 0. The van der Waals surface area contributed by atoms with Gasteiger partial charge < -0.3 is 9.64 Å². The number of thioether (sulfide) groups is 1. The van der Waals surface area contributed by atoms with E-state index in [-0.39, 0.29) is 5.24 Å². The zero-order valence-electron chi connectivity index (χ0n) is 9.90. The lowest BCUT2D eigenvalue weighted by Crippen LogP contribution is -2.26. The van der Waals surface area contributed by atoms with E-state index >= 15 is 0 Å². The Hall–Kier alpha value is -1.16. The highest BCUT2D eigenvalue weighted by Crippen LogP contribution is 2.23. The standard InChI is InChI=1S/C12H17NO2S/c1-4-13(5-2)12(14)16-11-8-6-10(15-3)7-9-11/h6-9H,4-5H2,1-3H3. The van der Waals surface area contributed by atoms with Crippen molar-refractivity contribution < 1.29 is 9.53 Å². The van der Waals surface area contributed by atoms with Gasteiger partial charge in [0, 0.05) is 18.0 Å². The van der Waals surface area contributed by atoms with E-state index in [2.05, 4.69) is 0 Å². The lowest BCUT2D eigenvalue weighted by molar-refractivity contribution is 0.228. The van der Waals surface area contributed by atoms with Crippen molar-refractivity contribution in [2.24, 2.45) is 0 Å². The largest absolute Gasteiger partial charge is 0.497 e. The Bertz CT molecular complexity index is 333. The van der Waals surface area contributed by atoms with Crippen LogP contribution in [0.15, 0.2) is 29.2 Å². The van der Waals surface area contributed by atoms with Gasteiger partial charge in [0.2, 0.25) is 0 Å². The summed E-state index contributed by atoms with van der Waals surface area (Å²) in [6.07, 6.45) is 0. The normalized spacial score (nSPS) is 9.94. The Morgan fingerprint density at radius 2 is 1.81 bits per heavy atom. The number of methoxy groups -OCH3 is 1. The Kier molecular flexibility index (Phi) is 5.19. The molecule has 0 saturated heterocycles. The topological polar surface area (TPSA) is 29.5 Å². The number of carbonyl (C=O) groups excluding carboxylic acids is 1. The number of ether oxygens (including phenoxy) is 1. The Morgan fingerprint density at radius 1 is 1.25 bits per heavy atom. The molecule has 1 aromatic rings. The number of hydrogen-bond acceptors (Lipinski definition) is 3. The van der Waals surface area contributed by atoms with Crippen LogP contribution in [-0.4, -0.2) is 30.3 Å². The molecule has 4 heteroatoms. The van der Waals surface area contributed by atoms with E-state index in [1.54, 1.807) is 12.0 Å². The van der Waals surface area contributed by atoms with Gasteiger partial charge in [0.1, 0.15) is 5.75 Å². The maximum absolute atomic E-state index is 11.8. The molecular formula is C12H17NO2S. The molecule has 0 N–H and O–H groups in total. The molecule has 0 atom stereocenters. The zero-order valence-corrected chi connectivity index (χ0v) is 10.7. The lowest BCUT2D eigenvalue weighted by Gasteiger charge is -2.17. The van der Waals surface area contributed by atoms with Crippen molar-refractivity contribution in [3.63, 3.8) is 0 Å². The van der Waals surface area contributed by atoms with E-state index < -0.39 is 0 Å².